The Labute approximate surface area is 112 Å². The number of anilines is 1. The molecule has 0 bridgehead atoms. The summed E-state index contributed by atoms with van der Waals surface area (Å²) in [5.41, 5.74) is 6.39. The highest BCUT2D eigenvalue weighted by Crippen LogP contribution is 2.32. The highest BCUT2D eigenvalue weighted by molar-refractivity contribution is 5.81. The normalized spacial score (nSPS) is 30.6. The Morgan fingerprint density at radius 1 is 1.30 bits per heavy atom. The number of hydrogen-bond donors (Lipinski definition) is 3. The number of aliphatic hydroxyl groups excluding tert-OH is 2. The lowest BCUT2D eigenvalue weighted by molar-refractivity contribution is -0.0246. The van der Waals surface area contributed by atoms with Gasteiger partial charge in [0.05, 0.1) is 12.7 Å². The minimum atomic E-state index is -1.25. The number of rotatable bonds is 2. The van der Waals surface area contributed by atoms with Crippen LogP contribution in [0.5, 0.6) is 0 Å². The number of ether oxygens (including phenoxy) is 1. The van der Waals surface area contributed by atoms with Crippen LogP contribution in [0.1, 0.15) is 6.23 Å². The number of aromatic nitrogens is 4. The van der Waals surface area contributed by atoms with Gasteiger partial charge in [-0.25, -0.2) is 19.3 Å². The van der Waals surface area contributed by atoms with Crippen molar-refractivity contribution in [1.82, 2.24) is 19.5 Å². The lowest BCUT2D eigenvalue weighted by Crippen LogP contribution is -2.30. The average molecular weight is 281 g/mol. The maximum absolute atomic E-state index is 12.2. The minimum absolute atomic E-state index is 0.196. The summed E-state index contributed by atoms with van der Waals surface area (Å²) >= 11 is 0. The Kier molecular flexibility index (Phi) is 3.08. The lowest BCUT2D eigenvalue weighted by atomic mass is 10.1. The van der Waals surface area contributed by atoms with Crippen molar-refractivity contribution in [3.63, 3.8) is 0 Å². The van der Waals surface area contributed by atoms with Crippen molar-refractivity contribution in [2.45, 2.75) is 24.5 Å². The molecule has 1 saturated heterocycles. The second-order valence-electron chi connectivity index (χ2n) is 4.37. The van der Waals surface area contributed by atoms with Crippen molar-refractivity contribution in [3.05, 3.63) is 25.1 Å². The molecule has 2 aromatic rings. The second-order valence-corrected chi connectivity index (χ2v) is 4.37. The van der Waals surface area contributed by atoms with Gasteiger partial charge in [0.15, 0.2) is 17.7 Å². The largest absolute Gasteiger partial charge is 0.387 e. The quantitative estimate of drug-likeness (QED) is 0.679. The summed E-state index contributed by atoms with van der Waals surface area (Å²) in [5.74, 6) is 0.196. The maximum atomic E-state index is 12.2. The van der Waals surface area contributed by atoms with E-state index in [0.717, 1.165) is 6.08 Å². The minimum Gasteiger partial charge on any atom is -0.387 e. The van der Waals surface area contributed by atoms with Crippen LogP contribution in [-0.2, 0) is 4.74 Å². The van der Waals surface area contributed by atoms with Crippen molar-refractivity contribution in [3.8, 4) is 0 Å². The molecule has 1 fully saturated rings. The van der Waals surface area contributed by atoms with Gasteiger partial charge in [0.2, 0.25) is 0 Å². The first kappa shape index (κ1) is 12.9. The van der Waals surface area contributed by atoms with Crippen molar-refractivity contribution < 1.29 is 19.3 Å². The molecule has 0 spiro atoms. The maximum Gasteiger partial charge on any atom is 0.167 e. The summed E-state index contributed by atoms with van der Waals surface area (Å²) in [6, 6.07) is 0. The second kappa shape index (κ2) is 4.78. The molecule has 9 heteroatoms. The summed E-state index contributed by atoms with van der Waals surface area (Å²) in [5, 5.41) is 19.8. The van der Waals surface area contributed by atoms with Gasteiger partial charge in [-0.15, -0.1) is 0 Å². The number of fused-ring (bicyclic) bond motifs is 1. The third-order valence-corrected chi connectivity index (χ3v) is 3.20. The number of nitrogens with zero attached hydrogens (tertiary/aromatic N) is 4. The molecule has 4 atom stereocenters. The van der Waals surface area contributed by atoms with Gasteiger partial charge in [0, 0.05) is 0 Å². The van der Waals surface area contributed by atoms with Gasteiger partial charge in [-0.1, -0.05) is 0 Å². The van der Waals surface area contributed by atoms with Gasteiger partial charge < -0.3 is 20.7 Å². The van der Waals surface area contributed by atoms with E-state index in [-0.39, 0.29) is 12.1 Å². The molecule has 8 nitrogen and oxygen atoms in total. The Balaban J connectivity index is 2.02. The standard InChI is InChI=1S/C11H12FN5O3/c12-2-1-5-7(18)8(19)11(20-5)17-4-16-6-9(13)14-3-15-10(6)17/h1-5,7-8,11,18-19H,(H2,13,14,15)/b2-1+/t5-,7-,8-,11?/m1/s1. The van der Waals surface area contributed by atoms with Gasteiger partial charge in [-0.3, -0.25) is 4.57 Å². The van der Waals surface area contributed by atoms with E-state index in [0.29, 0.717) is 11.2 Å². The van der Waals surface area contributed by atoms with Gasteiger partial charge in [-0.05, 0) is 6.08 Å². The molecule has 106 valence electrons. The van der Waals surface area contributed by atoms with Crippen LogP contribution in [0.15, 0.2) is 25.1 Å². The first-order chi connectivity index (χ1) is 9.63. The van der Waals surface area contributed by atoms with Crippen LogP contribution in [0.4, 0.5) is 10.2 Å². The molecule has 2 aromatic heterocycles. The molecule has 1 aliphatic rings. The van der Waals surface area contributed by atoms with Crippen molar-refractivity contribution in [2.75, 3.05) is 5.73 Å². The van der Waals surface area contributed by atoms with Gasteiger partial charge in [-0.2, -0.15) is 0 Å². The summed E-state index contributed by atoms with van der Waals surface area (Å²) in [6.45, 7) is 0. The molecular weight excluding hydrogens is 269 g/mol. The number of halogens is 1. The smallest absolute Gasteiger partial charge is 0.167 e. The molecule has 3 rings (SSSR count). The SMILES string of the molecule is Nc1ncnc2c1ncn2C1O[C@H](/C=C/F)[C@@H](O)[C@H]1O. The Bertz CT molecular complexity index is 661. The fourth-order valence-electron chi connectivity index (χ4n) is 2.20. The highest BCUT2D eigenvalue weighted by atomic mass is 19.1. The summed E-state index contributed by atoms with van der Waals surface area (Å²) < 4.78 is 19.0. The summed E-state index contributed by atoms with van der Waals surface area (Å²) in [6.07, 6.45) is -0.466. The van der Waals surface area contributed by atoms with E-state index in [1.165, 1.54) is 17.2 Å². The molecule has 4 N–H and O–H groups in total. The molecule has 0 aromatic carbocycles. The summed E-state index contributed by atoms with van der Waals surface area (Å²) in [4.78, 5) is 11.9. The zero-order valence-electron chi connectivity index (χ0n) is 10.2. The topological polar surface area (TPSA) is 119 Å². The number of nitrogen functional groups attached to an aromatic ring is 1. The predicted molar refractivity (Wildman–Crippen MR) is 65.9 cm³/mol. The van der Waals surface area contributed by atoms with Crippen LogP contribution in [-0.4, -0.2) is 48.0 Å². The lowest BCUT2D eigenvalue weighted by Gasteiger charge is -2.16. The van der Waals surface area contributed by atoms with Crippen molar-refractivity contribution >= 4 is 17.0 Å². The predicted octanol–water partition coefficient (Wildman–Crippen LogP) is -0.489. The van der Waals surface area contributed by atoms with Crippen LogP contribution in [0.25, 0.3) is 11.2 Å². The molecule has 0 aliphatic carbocycles. The fraction of sp³-hybridized carbons (Fsp3) is 0.364. The number of hydrogen-bond acceptors (Lipinski definition) is 7. The number of imidazole rings is 1. The van der Waals surface area contributed by atoms with Crippen LogP contribution >= 0.6 is 0 Å². The molecular formula is C11H12FN5O3. The Hall–Kier alpha value is -2.10. The van der Waals surface area contributed by atoms with Gasteiger partial charge in [0.1, 0.15) is 30.2 Å². The Morgan fingerprint density at radius 3 is 2.85 bits per heavy atom. The zero-order chi connectivity index (χ0) is 14.3. The molecule has 3 heterocycles. The molecule has 0 radical (unpaired) electrons. The van der Waals surface area contributed by atoms with Crippen molar-refractivity contribution in [2.24, 2.45) is 0 Å². The van der Waals surface area contributed by atoms with E-state index in [4.69, 9.17) is 10.5 Å². The zero-order valence-corrected chi connectivity index (χ0v) is 10.2. The number of aliphatic hydroxyl groups is 2. The average Bonchev–Trinajstić information content (AvgIpc) is 2.97. The van der Waals surface area contributed by atoms with E-state index in [2.05, 4.69) is 15.0 Å². The van der Waals surface area contributed by atoms with Crippen LogP contribution in [0.3, 0.4) is 0 Å². The van der Waals surface area contributed by atoms with Gasteiger partial charge in [0.25, 0.3) is 0 Å². The first-order valence-electron chi connectivity index (χ1n) is 5.85. The third-order valence-electron chi connectivity index (χ3n) is 3.20. The molecule has 1 unspecified atom stereocenters. The molecule has 0 amide bonds. The molecule has 20 heavy (non-hydrogen) atoms. The van der Waals surface area contributed by atoms with E-state index in [1.807, 2.05) is 0 Å². The highest BCUT2D eigenvalue weighted by Gasteiger charge is 2.43. The van der Waals surface area contributed by atoms with Gasteiger partial charge >= 0.3 is 0 Å². The molecule has 1 aliphatic heterocycles. The fourth-order valence-corrected chi connectivity index (χ4v) is 2.20. The number of nitrogens with two attached hydrogens (primary N) is 1. The monoisotopic (exact) mass is 281 g/mol. The first-order valence-corrected chi connectivity index (χ1v) is 5.85. The summed E-state index contributed by atoms with van der Waals surface area (Å²) in [7, 11) is 0. The third kappa shape index (κ3) is 1.83. The van der Waals surface area contributed by atoms with E-state index >= 15 is 0 Å². The van der Waals surface area contributed by atoms with Crippen LogP contribution in [0, 0.1) is 0 Å². The van der Waals surface area contributed by atoms with E-state index < -0.39 is 24.5 Å². The van der Waals surface area contributed by atoms with Crippen LogP contribution in [0.2, 0.25) is 0 Å². The van der Waals surface area contributed by atoms with E-state index in [9.17, 15) is 14.6 Å². The molecule has 0 saturated carbocycles. The Morgan fingerprint density at radius 2 is 2.10 bits per heavy atom. The van der Waals surface area contributed by atoms with Crippen molar-refractivity contribution in [1.29, 1.82) is 0 Å². The van der Waals surface area contributed by atoms with Crippen LogP contribution < -0.4 is 5.73 Å². The van der Waals surface area contributed by atoms with E-state index in [1.54, 1.807) is 0 Å².